The minimum absolute atomic E-state index is 0.268. The molecule has 0 spiro atoms. The lowest BCUT2D eigenvalue weighted by Gasteiger charge is -2.22. The summed E-state index contributed by atoms with van der Waals surface area (Å²) in [5.74, 6) is -0.268. The standard InChI is InChI=1S/C15H18BrClFN3/c1-3-8-21-15(11(17)9-20-21)14(19-4-2)13-10(16)6-5-7-12(13)18/h5-7,9,14,19H,3-4,8H2,1-2H3. The van der Waals surface area contributed by atoms with E-state index >= 15 is 0 Å². The Labute approximate surface area is 137 Å². The summed E-state index contributed by atoms with van der Waals surface area (Å²) in [6.07, 6.45) is 2.55. The van der Waals surface area contributed by atoms with Crippen LogP contribution in [-0.4, -0.2) is 16.3 Å². The molecule has 21 heavy (non-hydrogen) atoms. The first-order valence-corrected chi connectivity index (χ1v) is 8.15. The van der Waals surface area contributed by atoms with Crippen molar-refractivity contribution in [3.05, 3.63) is 51.0 Å². The lowest BCUT2D eigenvalue weighted by atomic mass is 10.0. The molecule has 1 aromatic heterocycles. The number of aromatic nitrogens is 2. The highest BCUT2D eigenvalue weighted by Gasteiger charge is 2.25. The zero-order chi connectivity index (χ0) is 15.4. The molecule has 1 aromatic carbocycles. The number of nitrogens with zero attached hydrogens (tertiary/aromatic N) is 2. The second kappa shape index (κ2) is 7.38. The molecule has 1 N–H and O–H groups in total. The molecular weight excluding hydrogens is 357 g/mol. The van der Waals surface area contributed by atoms with E-state index in [2.05, 4.69) is 33.3 Å². The molecule has 0 aliphatic carbocycles. The van der Waals surface area contributed by atoms with E-state index in [4.69, 9.17) is 11.6 Å². The van der Waals surface area contributed by atoms with Gasteiger partial charge in [0.05, 0.1) is 23.0 Å². The molecule has 6 heteroatoms. The largest absolute Gasteiger partial charge is 0.305 e. The van der Waals surface area contributed by atoms with E-state index in [0.29, 0.717) is 21.6 Å². The van der Waals surface area contributed by atoms with Gasteiger partial charge in [-0.05, 0) is 25.1 Å². The van der Waals surface area contributed by atoms with Crippen LogP contribution in [0.15, 0.2) is 28.9 Å². The van der Waals surface area contributed by atoms with E-state index in [-0.39, 0.29) is 11.9 Å². The number of halogens is 3. The Morgan fingerprint density at radius 3 is 2.81 bits per heavy atom. The van der Waals surface area contributed by atoms with Gasteiger partial charge in [-0.2, -0.15) is 5.10 Å². The number of hydrogen-bond donors (Lipinski definition) is 1. The number of nitrogens with one attached hydrogen (secondary N) is 1. The molecule has 3 nitrogen and oxygen atoms in total. The van der Waals surface area contributed by atoms with Crippen molar-refractivity contribution in [2.75, 3.05) is 6.54 Å². The second-order valence-corrected chi connectivity index (χ2v) is 5.99. The van der Waals surface area contributed by atoms with Gasteiger partial charge in [0.15, 0.2) is 0 Å². The number of rotatable bonds is 6. The van der Waals surface area contributed by atoms with Crippen LogP contribution < -0.4 is 5.32 Å². The molecule has 0 amide bonds. The Bertz CT molecular complexity index is 595. The maximum atomic E-state index is 14.3. The molecular formula is C15H18BrClFN3. The van der Waals surface area contributed by atoms with Gasteiger partial charge < -0.3 is 5.32 Å². The third-order valence-electron chi connectivity index (χ3n) is 3.24. The average Bonchev–Trinajstić information content (AvgIpc) is 2.79. The fourth-order valence-corrected chi connectivity index (χ4v) is 3.20. The van der Waals surface area contributed by atoms with Crippen LogP contribution in [0.5, 0.6) is 0 Å². The fourth-order valence-electron chi connectivity index (χ4n) is 2.37. The van der Waals surface area contributed by atoms with Gasteiger partial charge in [-0.25, -0.2) is 4.39 Å². The van der Waals surface area contributed by atoms with Gasteiger partial charge in [0.2, 0.25) is 0 Å². The molecule has 114 valence electrons. The normalized spacial score (nSPS) is 12.6. The van der Waals surface area contributed by atoms with Crippen molar-refractivity contribution >= 4 is 27.5 Å². The summed E-state index contributed by atoms with van der Waals surface area (Å²) in [5, 5.41) is 8.15. The number of benzene rings is 1. The van der Waals surface area contributed by atoms with Crippen LogP contribution >= 0.6 is 27.5 Å². The predicted molar refractivity (Wildman–Crippen MR) is 87.1 cm³/mol. The quantitative estimate of drug-likeness (QED) is 0.804. The molecule has 0 radical (unpaired) electrons. The molecule has 1 atom stereocenters. The van der Waals surface area contributed by atoms with Crippen molar-refractivity contribution in [1.29, 1.82) is 0 Å². The summed E-state index contributed by atoms with van der Waals surface area (Å²) < 4.78 is 16.9. The minimum atomic E-state index is -0.341. The highest BCUT2D eigenvalue weighted by molar-refractivity contribution is 9.10. The zero-order valence-corrected chi connectivity index (χ0v) is 14.4. The molecule has 0 fully saturated rings. The van der Waals surface area contributed by atoms with Gasteiger partial charge in [-0.15, -0.1) is 0 Å². The first-order chi connectivity index (χ1) is 10.1. The van der Waals surface area contributed by atoms with Crippen LogP contribution in [0.25, 0.3) is 0 Å². The van der Waals surface area contributed by atoms with Gasteiger partial charge >= 0.3 is 0 Å². The van der Waals surface area contributed by atoms with Crippen molar-refractivity contribution in [2.45, 2.75) is 32.9 Å². The van der Waals surface area contributed by atoms with Gasteiger partial charge in [-0.3, -0.25) is 4.68 Å². The molecule has 1 unspecified atom stereocenters. The van der Waals surface area contributed by atoms with Crippen LogP contribution in [0.2, 0.25) is 5.02 Å². The first-order valence-electron chi connectivity index (χ1n) is 6.98. The van der Waals surface area contributed by atoms with Crippen molar-refractivity contribution in [1.82, 2.24) is 15.1 Å². The molecule has 2 aromatic rings. The monoisotopic (exact) mass is 373 g/mol. The topological polar surface area (TPSA) is 29.9 Å². The van der Waals surface area contributed by atoms with Crippen LogP contribution in [0.4, 0.5) is 4.39 Å². The second-order valence-electron chi connectivity index (χ2n) is 4.73. The molecule has 0 aliphatic heterocycles. The fraction of sp³-hybridized carbons (Fsp3) is 0.400. The molecule has 0 bridgehead atoms. The molecule has 1 heterocycles. The smallest absolute Gasteiger partial charge is 0.129 e. The van der Waals surface area contributed by atoms with Crippen molar-refractivity contribution in [3.63, 3.8) is 0 Å². The van der Waals surface area contributed by atoms with E-state index in [1.54, 1.807) is 12.3 Å². The van der Waals surface area contributed by atoms with Crippen molar-refractivity contribution in [2.24, 2.45) is 0 Å². The molecule has 0 aliphatic rings. The van der Waals surface area contributed by atoms with Crippen LogP contribution in [0, 0.1) is 5.82 Å². The van der Waals surface area contributed by atoms with Crippen molar-refractivity contribution < 1.29 is 4.39 Å². The lowest BCUT2D eigenvalue weighted by molar-refractivity contribution is 0.500. The SMILES string of the molecule is CCCn1ncc(Cl)c1C(NCC)c1c(F)cccc1Br. The summed E-state index contributed by atoms with van der Waals surface area (Å²) in [4.78, 5) is 0. The van der Waals surface area contributed by atoms with E-state index < -0.39 is 0 Å². The predicted octanol–water partition coefficient (Wildman–Crippen LogP) is 4.55. The Kier molecular flexibility index (Phi) is 5.79. The third-order valence-corrected chi connectivity index (χ3v) is 4.22. The van der Waals surface area contributed by atoms with Gasteiger partial charge in [0.25, 0.3) is 0 Å². The molecule has 2 rings (SSSR count). The zero-order valence-electron chi connectivity index (χ0n) is 12.0. The minimum Gasteiger partial charge on any atom is -0.305 e. The Morgan fingerprint density at radius 2 is 2.19 bits per heavy atom. The lowest BCUT2D eigenvalue weighted by Crippen LogP contribution is -2.26. The molecule has 0 saturated carbocycles. The number of hydrogen-bond acceptors (Lipinski definition) is 2. The Morgan fingerprint density at radius 1 is 1.43 bits per heavy atom. The highest BCUT2D eigenvalue weighted by Crippen LogP contribution is 2.34. The maximum absolute atomic E-state index is 14.3. The summed E-state index contributed by atoms with van der Waals surface area (Å²) in [6.45, 7) is 5.49. The van der Waals surface area contributed by atoms with Gasteiger partial charge in [-0.1, -0.05) is 47.4 Å². The highest BCUT2D eigenvalue weighted by atomic mass is 79.9. The average molecular weight is 375 g/mol. The number of aryl methyl sites for hydroxylation is 1. The maximum Gasteiger partial charge on any atom is 0.129 e. The van der Waals surface area contributed by atoms with E-state index in [9.17, 15) is 4.39 Å². The van der Waals surface area contributed by atoms with E-state index in [0.717, 1.165) is 18.7 Å². The van der Waals surface area contributed by atoms with Crippen molar-refractivity contribution in [3.8, 4) is 0 Å². The third kappa shape index (κ3) is 3.47. The van der Waals surface area contributed by atoms with E-state index in [1.165, 1.54) is 6.07 Å². The Balaban J connectivity index is 2.56. The molecule has 0 saturated heterocycles. The summed E-state index contributed by atoms with van der Waals surface area (Å²) in [5.41, 5.74) is 1.35. The van der Waals surface area contributed by atoms with Crippen LogP contribution in [-0.2, 0) is 6.54 Å². The summed E-state index contributed by atoms with van der Waals surface area (Å²) in [6, 6.07) is 4.62. The van der Waals surface area contributed by atoms with E-state index in [1.807, 2.05) is 17.7 Å². The van der Waals surface area contributed by atoms with Gasteiger partial charge in [0, 0.05) is 16.6 Å². The van der Waals surface area contributed by atoms with Gasteiger partial charge in [0.1, 0.15) is 5.82 Å². The summed E-state index contributed by atoms with van der Waals surface area (Å²) >= 11 is 9.74. The van der Waals surface area contributed by atoms with Crippen LogP contribution in [0.1, 0.15) is 37.6 Å². The Hall–Kier alpha value is -0.910. The summed E-state index contributed by atoms with van der Waals surface area (Å²) in [7, 11) is 0. The first kappa shape index (κ1) is 16.5. The van der Waals surface area contributed by atoms with Crippen LogP contribution in [0.3, 0.4) is 0 Å².